The van der Waals surface area contributed by atoms with Crippen molar-refractivity contribution in [1.29, 1.82) is 0 Å². The number of hydrogen-bond acceptors (Lipinski definition) is 7. The fourth-order valence-corrected chi connectivity index (χ4v) is 3.53. The van der Waals surface area contributed by atoms with Gasteiger partial charge in [0.15, 0.2) is 18.2 Å². The molecule has 0 radical (unpaired) electrons. The molecule has 4 aromatic rings. The second-order valence-electron chi connectivity index (χ2n) is 6.88. The SMILES string of the molecule is O=C(OCc1nnc(-c2ccccc2)o1)c1cccc2c1C(=O)c1ccccc1C2=O. The zero-order valence-corrected chi connectivity index (χ0v) is 16.1. The van der Waals surface area contributed by atoms with Crippen molar-refractivity contribution in [3.8, 4) is 11.5 Å². The third-order valence-electron chi connectivity index (χ3n) is 4.99. The van der Waals surface area contributed by atoms with Crippen LogP contribution in [0.4, 0.5) is 0 Å². The standard InChI is InChI=1S/C24H14N2O5/c27-21-15-9-4-5-10-16(15)22(28)20-17(21)11-6-12-18(20)24(29)30-13-19-25-26-23(31-19)14-7-2-1-3-8-14/h1-12H,13H2. The van der Waals surface area contributed by atoms with Crippen molar-refractivity contribution < 1.29 is 23.5 Å². The number of benzene rings is 3. The second kappa shape index (κ2) is 7.46. The molecule has 0 aliphatic heterocycles. The van der Waals surface area contributed by atoms with Gasteiger partial charge in [0.1, 0.15) is 0 Å². The van der Waals surface area contributed by atoms with E-state index in [-0.39, 0.29) is 46.3 Å². The number of fused-ring (bicyclic) bond motifs is 2. The van der Waals surface area contributed by atoms with Crippen LogP contribution in [0, 0.1) is 0 Å². The smallest absolute Gasteiger partial charge is 0.339 e. The first-order valence-corrected chi connectivity index (χ1v) is 9.50. The Morgan fingerprint density at radius 3 is 2.23 bits per heavy atom. The van der Waals surface area contributed by atoms with Gasteiger partial charge in [0.2, 0.25) is 5.89 Å². The highest BCUT2D eigenvalue weighted by Gasteiger charge is 2.33. The first-order chi connectivity index (χ1) is 15.1. The number of nitrogens with zero attached hydrogens (tertiary/aromatic N) is 2. The largest absolute Gasteiger partial charge is 0.452 e. The normalized spacial score (nSPS) is 12.3. The molecule has 0 N–H and O–H groups in total. The van der Waals surface area contributed by atoms with Crippen LogP contribution in [0.1, 0.15) is 48.1 Å². The number of hydrogen-bond donors (Lipinski definition) is 0. The monoisotopic (exact) mass is 410 g/mol. The molecular weight excluding hydrogens is 396 g/mol. The summed E-state index contributed by atoms with van der Waals surface area (Å²) in [5.74, 6) is -1.02. The quantitative estimate of drug-likeness (QED) is 0.415. The van der Waals surface area contributed by atoms with Gasteiger partial charge in [-0.25, -0.2) is 4.79 Å². The lowest BCUT2D eigenvalue weighted by Crippen LogP contribution is -2.24. The number of aromatic nitrogens is 2. The maximum atomic E-state index is 13.0. The van der Waals surface area contributed by atoms with Gasteiger partial charge >= 0.3 is 5.97 Å². The van der Waals surface area contributed by atoms with Gasteiger partial charge in [-0.05, 0) is 18.2 Å². The van der Waals surface area contributed by atoms with Crippen LogP contribution in [-0.4, -0.2) is 27.7 Å². The van der Waals surface area contributed by atoms with Gasteiger partial charge in [-0.15, -0.1) is 10.2 Å². The molecular formula is C24H14N2O5. The van der Waals surface area contributed by atoms with Crippen LogP contribution in [0.3, 0.4) is 0 Å². The highest BCUT2D eigenvalue weighted by atomic mass is 16.5. The van der Waals surface area contributed by atoms with Gasteiger partial charge in [0.05, 0.1) is 5.56 Å². The Morgan fingerprint density at radius 2 is 1.45 bits per heavy atom. The molecule has 0 fully saturated rings. The van der Waals surface area contributed by atoms with Crippen LogP contribution >= 0.6 is 0 Å². The summed E-state index contributed by atoms with van der Waals surface area (Å²) >= 11 is 0. The first-order valence-electron chi connectivity index (χ1n) is 9.50. The van der Waals surface area contributed by atoms with Gasteiger partial charge in [-0.3, -0.25) is 9.59 Å². The molecule has 5 rings (SSSR count). The zero-order chi connectivity index (χ0) is 21.4. The zero-order valence-electron chi connectivity index (χ0n) is 16.1. The van der Waals surface area contributed by atoms with Crippen molar-refractivity contribution in [2.75, 3.05) is 0 Å². The molecule has 7 nitrogen and oxygen atoms in total. The lowest BCUT2D eigenvalue weighted by Gasteiger charge is -2.19. The fraction of sp³-hybridized carbons (Fsp3) is 0.0417. The molecule has 3 aromatic carbocycles. The predicted molar refractivity (Wildman–Crippen MR) is 109 cm³/mol. The molecule has 0 amide bonds. The summed E-state index contributed by atoms with van der Waals surface area (Å²) in [7, 11) is 0. The topological polar surface area (TPSA) is 99.4 Å². The van der Waals surface area contributed by atoms with Crippen molar-refractivity contribution in [2.24, 2.45) is 0 Å². The summed E-state index contributed by atoms with van der Waals surface area (Å²) in [6.07, 6.45) is 0. The van der Waals surface area contributed by atoms with E-state index in [1.54, 1.807) is 30.3 Å². The second-order valence-corrected chi connectivity index (χ2v) is 6.88. The number of rotatable bonds is 4. The number of esters is 1. The number of carbonyl (C=O) groups is 3. The molecule has 1 aliphatic rings. The molecule has 150 valence electrons. The summed E-state index contributed by atoms with van der Waals surface area (Å²) in [5, 5.41) is 7.84. The molecule has 31 heavy (non-hydrogen) atoms. The minimum Gasteiger partial charge on any atom is -0.452 e. The molecule has 7 heteroatoms. The maximum Gasteiger partial charge on any atom is 0.339 e. The molecule has 1 aliphatic carbocycles. The van der Waals surface area contributed by atoms with E-state index in [9.17, 15) is 14.4 Å². The number of carbonyl (C=O) groups excluding carboxylic acids is 3. The number of ether oxygens (including phenoxy) is 1. The Morgan fingerprint density at radius 1 is 0.774 bits per heavy atom. The highest BCUT2D eigenvalue weighted by Crippen LogP contribution is 2.30. The van der Waals surface area contributed by atoms with E-state index in [0.29, 0.717) is 11.5 Å². The minimum atomic E-state index is -0.753. The molecule has 0 spiro atoms. The Hall–Kier alpha value is -4.39. The van der Waals surface area contributed by atoms with Gasteiger partial charge in [0.25, 0.3) is 5.89 Å². The average molecular weight is 410 g/mol. The van der Waals surface area contributed by atoms with E-state index in [1.807, 2.05) is 30.3 Å². The summed E-state index contributed by atoms with van der Waals surface area (Å²) in [5.41, 5.74) is 1.59. The van der Waals surface area contributed by atoms with Crippen molar-refractivity contribution in [2.45, 2.75) is 6.61 Å². The van der Waals surface area contributed by atoms with Crippen LogP contribution in [0.2, 0.25) is 0 Å². The van der Waals surface area contributed by atoms with E-state index < -0.39 is 5.97 Å². The highest BCUT2D eigenvalue weighted by molar-refractivity contribution is 6.30. The first kappa shape index (κ1) is 18.6. The van der Waals surface area contributed by atoms with Crippen molar-refractivity contribution in [3.63, 3.8) is 0 Å². The summed E-state index contributed by atoms with van der Waals surface area (Å²) in [6, 6.07) is 20.3. The molecule has 0 bridgehead atoms. The lowest BCUT2D eigenvalue weighted by molar-refractivity contribution is 0.0436. The minimum absolute atomic E-state index is 0.0214. The van der Waals surface area contributed by atoms with E-state index in [2.05, 4.69) is 10.2 Å². The van der Waals surface area contributed by atoms with Gasteiger partial charge in [-0.1, -0.05) is 54.6 Å². The van der Waals surface area contributed by atoms with Gasteiger partial charge in [-0.2, -0.15) is 0 Å². The van der Waals surface area contributed by atoms with Gasteiger partial charge < -0.3 is 9.15 Å². The third-order valence-corrected chi connectivity index (χ3v) is 4.99. The van der Waals surface area contributed by atoms with Crippen molar-refractivity contribution >= 4 is 17.5 Å². The molecule has 0 atom stereocenters. The fourth-order valence-electron chi connectivity index (χ4n) is 3.53. The summed E-state index contributed by atoms with van der Waals surface area (Å²) in [4.78, 5) is 38.6. The van der Waals surface area contributed by atoms with Crippen LogP contribution < -0.4 is 0 Å². The molecule has 1 heterocycles. The Labute approximate surface area is 176 Å². The van der Waals surface area contributed by atoms with Crippen molar-refractivity contribution in [3.05, 3.63) is 107 Å². The third kappa shape index (κ3) is 3.22. The molecule has 0 saturated carbocycles. The number of ketones is 2. The predicted octanol–water partition coefficient (Wildman–Crippen LogP) is 3.87. The Bertz CT molecular complexity index is 1340. The lowest BCUT2D eigenvalue weighted by atomic mass is 9.82. The van der Waals surface area contributed by atoms with E-state index >= 15 is 0 Å². The van der Waals surface area contributed by atoms with E-state index in [0.717, 1.165) is 5.56 Å². The Kier molecular flexibility index (Phi) is 4.48. The van der Waals surface area contributed by atoms with E-state index in [4.69, 9.17) is 9.15 Å². The van der Waals surface area contributed by atoms with Crippen molar-refractivity contribution in [1.82, 2.24) is 10.2 Å². The molecule has 0 unspecified atom stereocenters. The maximum absolute atomic E-state index is 13.0. The van der Waals surface area contributed by atoms with Crippen LogP contribution in [0.5, 0.6) is 0 Å². The summed E-state index contributed by atoms with van der Waals surface area (Å²) in [6.45, 7) is -0.263. The average Bonchev–Trinajstić information content (AvgIpc) is 3.30. The van der Waals surface area contributed by atoms with E-state index in [1.165, 1.54) is 12.1 Å². The summed E-state index contributed by atoms with van der Waals surface area (Å²) < 4.78 is 10.8. The molecule has 1 aromatic heterocycles. The van der Waals surface area contributed by atoms with Crippen LogP contribution in [0.25, 0.3) is 11.5 Å². The van der Waals surface area contributed by atoms with Gasteiger partial charge in [0, 0.05) is 27.8 Å². The Balaban J connectivity index is 1.40. The van der Waals surface area contributed by atoms with Crippen LogP contribution in [0.15, 0.2) is 77.2 Å². The molecule has 0 saturated heterocycles. The van der Waals surface area contributed by atoms with Crippen LogP contribution in [-0.2, 0) is 11.3 Å².